The minimum atomic E-state index is -3.41. The van der Waals surface area contributed by atoms with Crippen LogP contribution in [0.25, 0.3) is 5.65 Å². The van der Waals surface area contributed by atoms with Crippen LogP contribution in [-0.4, -0.2) is 34.9 Å². The highest BCUT2D eigenvalue weighted by atomic mass is 31.2. The second-order valence-electron chi connectivity index (χ2n) is 4.10. The number of imidazole rings is 1. The maximum Gasteiger partial charge on any atom is 0.367 e. The van der Waals surface area contributed by atoms with E-state index in [2.05, 4.69) is 4.98 Å². The van der Waals surface area contributed by atoms with Crippen LogP contribution in [0, 0.1) is 0 Å². The molecule has 8 heteroatoms. The Kier molecular flexibility index (Phi) is 5.12. The fourth-order valence-electron chi connectivity index (χ4n) is 1.75. The van der Waals surface area contributed by atoms with Crippen LogP contribution in [0.2, 0.25) is 0 Å². The van der Waals surface area contributed by atoms with Crippen molar-refractivity contribution in [3.63, 3.8) is 0 Å². The number of ether oxygens (including phenoxy) is 1. The summed E-state index contributed by atoms with van der Waals surface area (Å²) in [5.74, 6) is -0.668. The van der Waals surface area contributed by atoms with Crippen LogP contribution in [0.15, 0.2) is 30.6 Å². The number of carbonyl (C=O) groups excluding carboxylic acids is 1. The first-order chi connectivity index (χ1) is 10.1. The fourth-order valence-corrected chi connectivity index (χ4v) is 3.04. The molecule has 0 fully saturated rings. The van der Waals surface area contributed by atoms with E-state index in [1.165, 1.54) is 0 Å². The Morgan fingerprint density at radius 3 is 2.62 bits per heavy atom. The van der Waals surface area contributed by atoms with Gasteiger partial charge in [-0.1, -0.05) is 6.07 Å². The number of nitrogens with zero attached hydrogens (tertiary/aromatic N) is 2. The van der Waals surface area contributed by atoms with E-state index >= 15 is 0 Å². The molecule has 2 heterocycles. The van der Waals surface area contributed by atoms with Crippen molar-refractivity contribution in [3.8, 4) is 0 Å². The number of esters is 1. The summed E-state index contributed by atoms with van der Waals surface area (Å²) in [4.78, 5) is 16.1. The molecule has 0 saturated carbocycles. The highest BCUT2D eigenvalue weighted by Gasteiger charge is 2.26. The van der Waals surface area contributed by atoms with Gasteiger partial charge in [0.2, 0.25) is 0 Å². The zero-order chi connectivity index (χ0) is 15.3. The van der Waals surface area contributed by atoms with Gasteiger partial charge in [-0.3, -0.25) is 4.57 Å². The third-order valence-corrected chi connectivity index (χ3v) is 4.33. The van der Waals surface area contributed by atoms with E-state index in [1.54, 1.807) is 36.7 Å². The zero-order valence-corrected chi connectivity index (χ0v) is 12.8. The summed E-state index contributed by atoms with van der Waals surface area (Å²) in [5.41, 5.74) is 0.767. The number of carbonyl (C=O) groups is 1. The molecule has 7 nitrogen and oxygen atoms in total. The van der Waals surface area contributed by atoms with Crippen molar-refractivity contribution in [2.45, 2.75) is 13.8 Å². The average molecular weight is 312 g/mol. The maximum absolute atomic E-state index is 12.2. The van der Waals surface area contributed by atoms with Gasteiger partial charge in [0.25, 0.3) is 0 Å². The summed E-state index contributed by atoms with van der Waals surface area (Å²) in [6.07, 6.45) is 2.88. The van der Waals surface area contributed by atoms with Gasteiger partial charge in [-0.25, -0.2) is 9.78 Å². The van der Waals surface area contributed by atoms with Crippen molar-refractivity contribution < 1.29 is 23.1 Å². The van der Waals surface area contributed by atoms with E-state index in [-0.39, 0.29) is 18.9 Å². The Morgan fingerprint density at radius 1 is 1.29 bits per heavy atom. The predicted octanol–water partition coefficient (Wildman–Crippen LogP) is 2.71. The molecule has 21 heavy (non-hydrogen) atoms. The Labute approximate surface area is 122 Å². The van der Waals surface area contributed by atoms with E-state index in [1.807, 2.05) is 12.1 Å². The molecule has 0 unspecified atom stereocenters. The van der Waals surface area contributed by atoms with Gasteiger partial charge in [-0.15, -0.1) is 0 Å². The van der Waals surface area contributed by atoms with E-state index in [9.17, 15) is 9.36 Å². The largest absolute Gasteiger partial charge is 0.448 e. The Bertz CT molecular complexity index is 626. The van der Waals surface area contributed by atoms with Crippen LogP contribution < -0.4 is 0 Å². The van der Waals surface area contributed by atoms with E-state index in [0.717, 1.165) is 0 Å². The summed E-state index contributed by atoms with van der Waals surface area (Å²) < 4.78 is 29.0. The predicted molar refractivity (Wildman–Crippen MR) is 76.3 cm³/mol. The highest BCUT2D eigenvalue weighted by molar-refractivity contribution is 7.53. The Balaban J connectivity index is 2.05. The third-order valence-electron chi connectivity index (χ3n) is 2.58. The molecule has 0 aliphatic heterocycles. The molecule has 2 aromatic rings. The third kappa shape index (κ3) is 3.91. The lowest BCUT2D eigenvalue weighted by Crippen LogP contribution is -2.10. The van der Waals surface area contributed by atoms with E-state index in [4.69, 9.17) is 13.8 Å². The van der Waals surface area contributed by atoms with Crippen LogP contribution >= 0.6 is 7.60 Å². The lowest BCUT2D eigenvalue weighted by atomic mass is 10.5. The number of aromatic nitrogens is 2. The Morgan fingerprint density at radius 2 is 2.00 bits per heavy atom. The van der Waals surface area contributed by atoms with Crippen molar-refractivity contribution >= 4 is 19.2 Å². The molecule has 0 bridgehead atoms. The maximum atomic E-state index is 12.2. The van der Waals surface area contributed by atoms with Crippen LogP contribution in [-0.2, 0) is 18.3 Å². The summed E-state index contributed by atoms with van der Waals surface area (Å²) in [6.45, 7) is 3.80. The second-order valence-corrected chi connectivity index (χ2v) is 6.10. The fraction of sp³-hybridized carbons (Fsp3) is 0.385. The molecule has 0 radical (unpaired) electrons. The smallest absolute Gasteiger partial charge is 0.367 e. The lowest BCUT2D eigenvalue weighted by Gasteiger charge is -2.16. The molecule has 0 aliphatic rings. The van der Waals surface area contributed by atoms with E-state index in [0.29, 0.717) is 5.65 Å². The number of hydrogen-bond acceptors (Lipinski definition) is 6. The molecule has 0 saturated heterocycles. The van der Waals surface area contributed by atoms with Gasteiger partial charge in [0.05, 0.1) is 13.2 Å². The van der Waals surface area contributed by atoms with Gasteiger partial charge >= 0.3 is 13.6 Å². The molecule has 0 aliphatic carbocycles. The van der Waals surface area contributed by atoms with Crippen molar-refractivity contribution in [2.75, 3.05) is 19.6 Å². The van der Waals surface area contributed by atoms with Crippen molar-refractivity contribution in [1.29, 1.82) is 0 Å². The topological polar surface area (TPSA) is 79.1 Å². The average Bonchev–Trinajstić information content (AvgIpc) is 2.89. The first kappa shape index (κ1) is 15.7. The highest BCUT2D eigenvalue weighted by Crippen LogP contribution is 2.47. The first-order valence-corrected chi connectivity index (χ1v) is 8.29. The van der Waals surface area contributed by atoms with Gasteiger partial charge < -0.3 is 18.2 Å². The molecule has 0 atom stereocenters. The summed E-state index contributed by atoms with van der Waals surface area (Å²) >= 11 is 0. The standard InChI is InChI=1S/C13H17N2O5P/c1-3-19-21(17,20-4-2)10-18-13(16)11-9-15-8-6-5-7-12(15)14-11/h5-9H,3-4,10H2,1-2H3. The minimum Gasteiger partial charge on any atom is -0.448 e. The lowest BCUT2D eigenvalue weighted by molar-refractivity contribution is 0.0526. The van der Waals surface area contributed by atoms with Crippen molar-refractivity contribution in [2.24, 2.45) is 0 Å². The van der Waals surface area contributed by atoms with Crippen LogP contribution in [0.4, 0.5) is 0 Å². The molecule has 0 amide bonds. The second kappa shape index (κ2) is 6.85. The minimum absolute atomic E-state index is 0.140. The van der Waals surface area contributed by atoms with Gasteiger partial charge in [-0.2, -0.15) is 0 Å². The quantitative estimate of drug-likeness (QED) is 0.578. The van der Waals surface area contributed by atoms with Crippen LogP contribution in [0.3, 0.4) is 0 Å². The summed E-state index contributed by atoms with van der Waals surface area (Å²) in [5, 5.41) is 0. The van der Waals surface area contributed by atoms with Gasteiger partial charge in [0.1, 0.15) is 5.65 Å². The number of rotatable bonds is 7. The molecule has 2 aromatic heterocycles. The molecule has 0 spiro atoms. The van der Waals surface area contributed by atoms with Crippen LogP contribution in [0.5, 0.6) is 0 Å². The van der Waals surface area contributed by atoms with Gasteiger partial charge in [0, 0.05) is 12.4 Å². The molecule has 0 aromatic carbocycles. The van der Waals surface area contributed by atoms with Gasteiger partial charge in [-0.05, 0) is 26.0 Å². The monoisotopic (exact) mass is 312 g/mol. The first-order valence-electron chi connectivity index (χ1n) is 6.57. The number of fused-ring (bicyclic) bond motifs is 1. The van der Waals surface area contributed by atoms with Crippen LogP contribution in [0.1, 0.15) is 24.3 Å². The summed E-state index contributed by atoms with van der Waals surface area (Å²) in [6, 6.07) is 5.40. The van der Waals surface area contributed by atoms with E-state index < -0.39 is 19.9 Å². The molecular weight excluding hydrogens is 295 g/mol. The number of hydrogen-bond donors (Lipinski definition) is 0. The van der Waals surface area contributed by atoms with Gasteiger partial charge in [0.15, 0.2) is 12.0 Å². The molecule has 2 rings (SSSR count). The SMILES string of the molecule is CCOP(=O)(COC(=O)c1cn2ccccc2n1)OCC. The number of pyridine rings is 1. The normalized spacial score (nSPS) is 11.7. The van der Waals surface area contributed by atoms with Crippen molar-refractivity contribution in [3.05, 3.63) is 36.3 Å². The Hall–Kier alpha value is -1.69. The summed E-state index contributed by atoms with van der Waals surface area (Å²) in [7, 11) is -3.41. The van der Waals surface area contributed by atoms with Crippen molar-refractivity contribution in [1.82, 2.24) is 9.38 Å². The zero-order valence-electron chi connectivity index (χ0n) is 11.9. The molecular formula is C13H17N2O5P. The molecule has 114 valence electrons. The molecule has 0 N–H and O–H groups in total.